The molecule has 0 spiro atoms. The van der Waals surface area contributed by atoms with Crippen molar-refractivity contribution in [1.29, 1.82) is 0 Å². The van der Waals surface area contributed by atoms with Gasteiger partial charge in [-0.25, -0.2) is 4.98 Å². The number of carbonyl (C=O) groups is 1. The Morgan fingerprint density at radius 2 is 2.11 bits per heavy atom. The minimum atomic E-state index is -0.728. The standard InChI is InChI=1S/C14H14N2O3/c17-14(18)11-7-16(8-11)9-13-15-6-12(19-13)10-4-2-1-3-5-10/h1-6,11H,7-9H2,(H,17,18). The van der Waals surface area contributed by atoms with E-state index in [2.05, 4.69) is 4.98 Å². The topological polar surface area (TPSA) is 66.6 Å². The maximum atomic E-state index is 10.7. The lowest BCUT2D eigenvalue weighted by molar-refractivity contribution is -0.147. The van der Waals surface area contributed by atoms with Crippen molar-refractivity contribution in [2.75, 3.05) is 13.1 Å². The predicted molar refractivity (Wildman–Crippen MR) is 68.3 cm³/mol. The first-order valence-electron chi connectivity index (χ1n) is 6.17. The number of rotatable bonds is 4. The first kappa shape index (κ1) is 11.9. The molecule has 19 heavy (non-hydrogen) atoms. The summed E-state index contributed by atoms with van der Waals surface area (Å²) in [5.41, 5.74) is 0.994. The number of hydrogen-bond donors (Lipinski definition) is 1. The molecular weight excluding hydrogens is 244 g/mol. The highest BCUT2D eigenvalue weighted by atomic mass is 16.4. The SMILES string of the molecule is O=C(O)C1CN(Cc2ncc(-c3ccccc3)o2)C1. The molecule has 0 saturated carbocycles. The Kier molecular flexibility index (Phi) is 3.05. The van der Waals surface area contributed by atoms with Gasteiger partial charge in [-0.15, -0.1) is 0 Å². The molecule has 1 aliphatic heterocycles. The van der Waals surface area contributed by atoms with E-state index in [-0.39, 0.29) is 5.92 Å². The van der Waals surface area contributed by atoms with Crippen LogP contribution in [-0.4, -0.2) is 34.0 Å². The van der Waals surface area contributed by atoms with Gasteiger partial charge in [0.25, 0.3) is 0 Å². The van der Waals surface area contributed by atoms with Crippen LogP contribution in [0.5, 0.6) is 0 Å². The minimum absolute atomic E-state index is 0.247. The Labute approximate surface area is 110 Å². The van der Waals surface area contributed by atoms with Crippen molar-refractivity contribution in [2.24, 2.45) is 5.92 Å². The fraction of sp³-hybridized carbons (Fsp3) is 0.286. The Morgan fingerprint density at radius 3 is 2.79 bits per heavy atom. The van der Waals surface area contributed by atoms with Crippen LogP contribution in [-0.2, 0) is 11.3 Å². The molecule has 5 nitrogen and oxygen atoms in total. The van der Waals surface area contributed by atoms with E-state index < -0.39 is 5.97 Å². The van der Waals surface area contributed by atoms with E-state index in [0.29, 0.717) is 25.5 Å². The third-order valence-corrected chi connectivity index (χ3v) is 3.28. The highest BCUT2D eigenvalue weighted by Gasteiger charge is 2.33. The molecule has 0 unspecified atom stereocenters. The summed E-state index contributed by atoms with van der Waals surface area (Å²) in [6.45, 7) is 1.70. The third kappa shape index (κ3) is 2.51. The van der Waals surface area contributed by atoms with Crippen molar-refractivity contribution in [1.82, 2.24) is 9.88 Å². The normalized spacial score (nSPS) is 16.2. The Bertz CT molecular complexity index is 573. The van der Waals surface area contributed by atoms with Crippen LogP contribution in [0.4, 0.5) is 0 Å². The van der Waals surface area contributed by atoms with Gasteiger partial charge < -0.3 is 9.52 Å². The molecule has 0 bridgehead atoms. The number of nitrogens with zero attached hydrogens (tertiary/aromatic N) is 2. The van der Waals surface area contributed by atoms with Crippen molar-refractivity contribution in [3.8, 4) is 11.3 Å². The molecule has 1 aromatic heterocycles. The van der Waals surface area contributed by atoms with Crippen LogP contribution in [0, 0.1) is 5.92 Å². The van der Waals surface area contributed by atoms with Crippen molar-refractivity contribution < 1.29 is 14.3 Å². The van der Waals surface area contributed by atoms with E-state index in [1.165, 1.54) is 0 Å². The fourth-order valence-corrected chi connectivity index (χ4v) is 2.17. The summed E-state index contributed by atoms with van der Waals surface area (Å²) < 4.78 is 5.67. The second kappa shape index (κ2) is 4.85. The molecule has 3 rings (SSSR count). The van der Waals surface area contributed by atoms with Crippen LogP contribution in [0.25, 0.3) is 11.3 Å². The zero-order valence-corrected chi connectivity index (χ0v) is 10.3. The average Bonchev–Trinajstić information content (AvgIpc) is 2.82. The van der Waals surface area contributed by atoms with Crippen LogP contribution in [0.3, 0.4) is 0 Å². The quantitative estimate of drug-likeness (QED) is 0.906. The molecule has 0 radical (unpaired) electrons. The predicted octanol–water partition coefficient (Wildman–Crippen LogP) is 1.86. The lowest BCUT2D eigenvalue weighted by atomic mass is 10.0. The van der Waals surface area contributed by atoms with Crippen LogP contribution >= 0.6 is 0 Å². The summed E-state index contributed by atoms with van der Waals surface area (Å²) in [4.78, 5) is 16.9. The molecule has 2 heterocycles. The summed E-state index contributed by atoms with van der Waals surface area (Å²) in [5.74, 6) is 0.394. The van der Waals surface area contributed by atoms with Gasteiger partial charge in [-0.2, -0.15) is 0 Å². The van der Waals surface area contributed by atoms with Crippen LogP contribution in [0.15, 0.2) is 40.9 Å². The maximum absolute atomic E-state index is 10.7. The minimum Gasteiger partial charge on any atom is -0.481 e. The molecule has 98 valence electrons. The molecular formula is C14H14N2O3. The fourth-order valence-electron chi connectivity index (χ4n) is 2.17. The molecule has 5 heteroatoms. The van der Waals surface area contributed by atoms with E-state index in [4.69, 9.17) is 9.52 Å². The van der Waals surface area contributed by atoms with Gasteiger partial charge in [-0.1, -0.05) is 30.3 Å². The molecule has 0 atom stereocenters. The van der Waals surface area contributed by atoms with Gasteiger partial charge in [0.05, 0.1) is 18.7 Å². The number of carboxylic acid groups (broad SMARTS) is 1. The van der Waals surface area contributed by atoms with Crippen LogP contribution < -0.4 is 0 Å². The molecule has 1 saturated heterocycles. The zero-order valence-electron chi connectivity index (χ0n) is 10.3. The summed E-state index contributed by atoms with van der Waals surface area (Å²) in [6, 6.07) is 9.78. The summed E-state index contributed by atoms with van der Waals surface area (Å²) in [6.07, 6.45) is 1.71. The highest BCUT2D eigenvalue weighted by Crippen LogP contribution is 2.23. The van der Waals surface area contributed by atoms with Crippen molar-refractivity contribution in [3.05, 3.63) is 42.4 Å². The summed E-state index contributed by atoms with van der Waals surface area (Å²) >= 11 is 0. The molecule has 1 aromatic carbocycles. The van der Waals surface area contributed by atoms with Gasteiger partial charge in [-0.3, -0.25) is 9.69 Å². The molecule has 1 aliphatic rings. The molecule has 0 amide bonds. The van der Waals surface area contributed by atoms with Gasteiger partial charge in [0.1, 0.15) is 0 Å². The van der Waals surface area contributed by atoms with Crippen LogP contribution in [0.2, 0.25) is 0 Å². The monoisotopic (exact) mass is 258 g/mol. The van der Waals surface area contributed by atoms with Crippen molar-refractivity contribution in [2.45, 2.75) is 6.54 Å². The van der Waals surface area contributed by atoms with E-state index in [0.717, 1.165) is 11.3 Å². The molecule has 0 aliphatic carbocycles. The summed E-state index contributed by atoms with van der Waals surface area (Å²) in [5, 5.41) is 8.80. The summed E-state index contributed by atoms with van der Waals surface area (Å²) in [7, 11) is 0. The largest absolute Gasteiger partial charge is 0.481 e. The zero-order chi connectivity index (χ0) is 13.2. The van der Waals surface area contributed by atoms with E-state index in [1.54, 1.807) is 6.20 Å². The molecule has 2 aromatic rings. The van der Waals surface area contributed by atoms with Gasteiger partial charge in [0.15, 0.2) is 5.76 Å². The second-order valence-electron chi connectivity index (χ2n) is 4.71. The van der Waals surface area contributed by atoms with Crippen LogP contribution in [0.1, 0.15) is 5.89 Å². The number of benzene rings is 1. The van der Waals surface area contributed by atoms with Gasteiger partial charge in [0.2, 0.25) is 5.89 Å². The number of carboxylic acids is 1. The average molecular weight is 258 g/mol. The Hall–Kier alpha value is -2.14. The Balaban J connectivity index is 1.62. The van der Waals surface area contributed by atoms with Gasteiger partial charge >= 0.3 is 5.97 Å². The second-order valence-corrected chi connectivity index (χ2v) is 4.71. The number of aliphatic carboxylic acids is 1. The van der Waals surface area contributed by atoms with E-state index in [9.17, 15) is 4.79 Å². The first-order valence-corrected chi connectivity index (χ1v) is 6.17. The van der Waals surface area contributed by atoms with Gasteiger partial charge in [0, 0.05) is 18.7 Å². The van der Waals surface area contributed by atoms with E-state index >= 15 is 0 Å². The Morgan fingerprint density at radius 1 is 1.37 bits per heavy atom. The molecule has 1 fully saturated rings. The third-order valence-electron chi connectivity index (χ3n) is 3.28. The number of hydrogen-bond acceptors (Lipinski definition) is 4. The number of likely N-dealkylation sites (tertiary alicyclic amines) is 1. The number of aromatic nitrogens is 1. The lowest BCUT2D eigenvalue weighted by Crippen LogP contribution is -2.49. The van der Waals surface area contributed by atoms with E-state index in [1.807, 2.05) is 35.2 Å². The smallest absolute Gasteiger partial charge is 0.309 e. The number of oxazole rings is 1. The first-order chi connectivity index (χ1) is 9.22. The van der Waals surface area contributed by atoms with Gasteiger partial charge in [-0.05, 0) is 0 Å². The molecule has 1 N–H and O–H groups in total. The lowest BCUT2D eigenvalue weighted by Gasteiger charge is -2.35. The highest BCUT2D eigenvalue weighted by molar-refractivity contribution is 5.71. The van der Waals surface area contributed by atoms with Crippen molar-refractivity contribution >= 4 is 5.97 Å². The maximum Gasteiger partial charge on any atom is 0.309 e. The van der Waals surface area contributed by atoms with Crippen molar-refractivity contribution in [3.63, 3.8) is 0 Å².